The Morgan fingerprint density at radius 2 is 0.613 bits per heavy atom. The predicted molar refractivity (Wildman–Crippen MR) is 252 cm³/mol. The van der Waals surface area contributed by atoms with E-state index >= 15 is 0 Å². The molecule has 0 aliphatic heterocycles. The van der Waals surface area contributed by atoms with Crippen LogP contribution in [-0.4, -0.2) is 29.9 Å². The summed E-state index contributed by atoms with van der Waals surface area (Å²) in [6, 6.07) is 70.9. The van der Waals surface area contributed by atoms with E-state index in [1.807, 2.05) is 86.6 Å². The van der Waals surface area contributed by atoms with Gasteiger partial charge in [-0.2, -0.15) is 0 Å². The second-order valence-electron chi connectivity index (χ2n) is 15.2. The van der Waals surface area contributed by atoms with Crippen LogP contribution in [-0.2, 0) is 0 Å². The molecule has 0 aliphatic carbocycles. The lowest BCUT2D eigenvalue weighted by Crippen LogP contribution is -1.99. The van der Waals surface area contributed by atoms with Gasteiger partial charge in [0.2, 0.25) is 0 Å². The zero-order valence-corrected chi connectivity index (χ0v) is 34.3. The van der Waals surface area contributed by atoms with E-state index in [-0.39, 0.29) is 0 Å². The van der Waals surface area contributed by atoms with Crippen molar-refractivity contribution in [1.29, 1.82) is 0 Å². The Labute approximate surface area is 361 Å². The van der Waals surface area contributed by atoms with E-state index < -0.39 is 0 Å². The van der Waals surface area contributed by atoms with Crippen LogP contribution in [0.1, 0.15) is 11.5 Å². The first-order chi connectivity index (χ1) is 30.5. The van der Waals surface area contributed by atoms with E-state index in [4.69, 9.17) is 24.9 Å². The highest BCUT2D eigenvalue weighted by Gasteiger charge is 2.19. The molecule has 7 aromatic carbocycles. The van der Waals surface area contributed by atoms with Gasteiger partial charge in [0, 0.05) is 44.6 Å². The number of aryl methyl sites for hydroxylation is 2. The lowest BCUT2D eigenvalue weighted by atomic mass is 9.88. The monoisotopic (exact) mass is 796 g/mol. The van der Waals surface area contributed by atoms with Crippen molar-refractivity contribution in [3.05, 3.63) is 218 Å². The highest BCUT2D eigenvalue weighted by atomic mass is 14.9. The summed E-state index contributed by atoms with van der Waals surface area (Å²) in [4.78, 5) is 30.1. The van der Waals surface area contributed by atoms with Gasteiger partial charge in [0.05, 0.1) is 28.5 Å². The summed E-state index contributed by atoms with van der Waals surface area (Å²) in [6.07, 6.45) is 0. The second kappa shape index (κ2) is 16.8. The summed E-state index contributed by atoms with van der Waals surface area (Å²) in [5.41, 5.74) is 16.3. The molecule has 0 saturated carbocycles. The summed E-state index contributed by atoms with van der Waals surface area (Å²) in [6.45, 7) is 3.97. The molecule has 0 aliphatic rings. The maximum atomic E-state index is 5.15. The smallest absolute Gasteiger partial charge is 0.160 e. The first kappa shape index (κ1) is 38.0. The molecule has 3 aromatic heterocycles. The molecule has 0 bridgehead atoms. The molecular formula is C56H40N6. The minimum Gasteiger partial charge on any atom is -0.239 e. The van der Waals surface area contributed by atoms with E-state index in [0.717, 1.165) is 95.4 Å². The third-order valence-electron chi connectivity index (χ3n) is 10.9. The van der Waals surface area contributed by atoms with Gasteiger partial charge in [-0.05, 0) is 66.4 Å². The van der Waals surface area contributed by atoms with Gasteiger partial charge in [0.25, 0.3) is 0 Å². The summed E-state index contributed by atoms with van der Waals surface area (Å²) in [5, 5.41) is 0. The molecule has 0 amide bonds. The van der Waals surface area contributed by atoms with Crippen LogP contribution in [0.2, 0.25) is 0 Å². The number of aromatic nitrogens is 6. The molecule has 6 nitrogen and oxygen atoms in total. The largest absolute Gasteiger partial charge is 0.239 e. The van der Waals surface area contributed by atoms with Crippen LogP contribution < -0.4 is 0 Å². The van der Waals surface area contributed by atoms with Crippen molar-refractivity contribution in [1.82, 2.24) is 29.9 Å². The molecule has 0 saturated heterocycles. The first-order valence-corrected chi connectivity index (χ1v) is 20.7. The van der Waals surface area contributed by atoms with Crippen LogP contribution in [0.5, 0.6) is 0 Å². The molecule has 0 unspecified atom stereocenters. The van der Waals surface area contributed by atoms with Crippen LogP contribution in [0.15, 0.2) is 206 Å². The van der Waals surface area contributed by atoms with E-state index in [1.165, 1.54) is 0 Å². The highest BCUT2D eigenvalue weighted by Crippen LogP contribution is 2.42. The van der Waals surface area contributed by atoms with E-state index in [1.54, 1.807) is 0 Å². The number of hydrogen-bond acceptors (Lipinski definition) is 6. The molecule has 0 radical (unpaired) electrons. The number of hydrogen-bond donors (Lipinski definition) is 0. The van der Waals surface area contributed by atoms with Crippen LogP contribution >= 0.6 is 0 Å². The lowest BCUT2D eigenvalue weighted by molar-refractivity contribution is 1.02. The Balaban J connectivity index is 1.13. The zero-order valence-electron chi connectivity index (χ0n) is 34.3. The molecule has 0 fully saturated rings. The lowest BCUT2D eigenvalue weighted by Gasteiger charge is -2.18. The third kappa shape index (κ3) is 7.93. The van der Waals surface area contributed by atoms with E-state index in [0.29, 0.717) is 17.5 Å². The van der Waals surface area contributed by atoms with Gasteiger partial charge in [-0.15, -0.1) is 0 Å². The Morgan fingerprint density at radius 3 is 1.03 bits per heavy atom. The standard InChI is InChI=1S/C56H40N6/c1-37-32-53(58-38(2)57-37)54-47(43-26-15-28-45(33-43)51-35-49(39-18-7-3-8-19-39)59-55(61-51)41-22-11-5-12-23-41)30-17-31-48(54)44-27-16-29-46(34-44)52-36-50(40-20-9-4-10-21-40)60-56(62-52)42-24-13-6-14-25-42/h3-36H,1-2H3. The average Bonchev–Trinajstić information content (AvgIpc) is 3.34. The van der Waals surface area contributed by atoms with Gasteiger partial charge in [-0.25, -0.2) is 29.9 Å². The minimum absolute atomic E-state index is 0.678. The fourth-order valence-corrected chi connectivity index (χ4v) is 7.98. The van der Waals surface area contributed by atoms with Gasteiger partial charge in [0.15, 0.2) is 11.6 Å². The third-order valence-corrected chi connectivity index (χ3v) is 10.9. The summed E-state index contributed by atoms with van der Waals surface area (Å²) in [5.74, 6) is 2.07. The summed E-state index contributed by atoms with van der Waals surface area (Å²) < 4.78 is 0. The first-order valence-electron chi connectivity index (χ1n) is 20.7. The van der Waals surface area contributed by atoms with Crippen molar-refractivity contribution in [3.63, 3.8) is 0 Å². The van der Waals surface area contributed by atoms with E-state index in [9.17, 15) is 0 Å². The second-order valence-corrected chi connectivity index (χ2v) is 15.2. The fourth-order valence-electron chi connectivity index (χ4n) is 7.98. The Bertz CT molecular complexity index is 2860. The maximum Gasteiger partial charge on any atom is 0.160 e. The van der Waals surface area contributed by atoms with Crippen LogP contribution in [0.3, 0.4) is 0 Å². The topological polar surface area (TPSA) is 77.3 Å². The molecular weight excluding hydrogens is 757 g/mol. The van der Waals surface area contributed by atoms with Crippen molar-refractivity contribution in [2.24, 2.45) is 0 Å². The number of benzene rings is 7. The van der Waals surface area contributed by atoms with Crippen molar-refractivity contribution >= 4 is 0 Å². The molecule has 294 valence electrons. The van der Waals surface area contributed by atoms with Gasteiger partial charge in [-0.1, -0.05) is 176 Å². The molecule has 0 spiro atoms. The van der Waals surface area contributed by atoms with Crippen molar-refractivity contribution < 1.29 is 0 Å². The molecule has 0 atom stereocenters. The Morgan fingerprint density at radius 1 is 0.258 bits per heavy atom. The van der Waals surface area contributed by atoms with Crippen molar-refractivity contribution in [2.75, 3.05) is 0 Å². The Kier molecular flexibility index (Phi) is 10.3. The molecule has 10 rings (SSSR count). The van der Waals surface area contributed by atoms with Crippen LogP contribution in [0.25, 0.3) is 101 Å². The van der Waals surface area contributed by atoms with Gasteiger partial charge in [0.1, 0.15) is 5.82 Å². The average molecular weight is 797 g/mol. The number of rotatable bonds is 9. The molecule has 6 heteroatoms. The Hall–Kier alpha value is -8.22. The van der Waals surface area contributed by atoms with Crippen LogP contribution in [0.4, 0.5) is 0 Å². The molecule has 0 N–H and O–H groups in total. The van der Waals surface area contributed by atoms with Gasteiger partial charge < -0.3 is 0 Å². The minimum atomic E-state index is 0.678. The number of nitrogens with zero attached hydrogens (tertiary/aromatic N) is 6. The van der Waals surface area contributed by atoms with Crippen molar-refractivity contribution in [2.45, 2.75) is 13.8 Å². The molecule has 3 heterocycles. The SMILES string of the molecule is Cc1cc(-c2c(-c3cccc(-c4cc(-c5ccccc5)nc(-c5ccccc5)n4)c3)cccc2-c2cccc(-c3cc(-c4ccccc4)nc(-c4ccccc4)n3)c2)nc(C)n1. The fraction of sp³-hybridized carbons (Fsp3) is 0.0357. The highest BCUT2D eigenvalue weighted by molar-refractivity contribution is 5.95. The van der Waals surface area contributed by atoms with Gasteiger partial charge >= 0.3 is 0 Å². The zero-order chi connectivity index (χ0) is 41.8. The van der Waals surface area contributed by atoms with Gasteiger partial charge in [-0.3, -0.25) is 0 Å². The summed E-state index contributed by atoms with van der Waals surface area (Å²) >= 11 is 0. The van der Waals surface area contributed by atoms with Crippen LogP contribution in [0, 0.1) is 13.8 Å². The van der Waals surface area contributed by atoms with E-state index in [2.05, 4.69) is 138 Å². The summed E-state index contributed by atoms with van der Waals surface area (Å²) in [7, 11) is 0. The quantitative estimate of drug-likeness (QED) is 0.145. The van der Waals surface area contributed by atoms with Crippen molar-refractivity contribution in [3.8, 4) is 101 Å². The normalized spacial score (nSPS) is 11.1. The molecule has 10 aromatic rings. The predicted octanol–water partition coefficient (Wildman–Crippen LogP) is 13.7. The molecule has 62 heavy (non-hydrogen) atoms. The maximum absolute atomic E-state index is 5.15.